The summed E-state index contributed by atoms with van der Waals surface area (Å²) < 4.78 is 1.85. The van der Waals surface area contributed by atoms with Crippen LogP contribution in [0.4, 0.5) is 5.69 Å². The van der Waals surface area contributed by atoms with Crippen LogP contribution in [0, 0.1) is 0 Å². The summed E-state index contributed by atoms with van der Waals surface area (Å²) in [5, 5.41) is 7.61. The van der Waals surface area contributed by atoms with Gasteiger partial charge in [0.05, 0.1) is 6.20 Å². The van der Waals surface area contributed by atoms with Gasteiger partial charge in [0.1, 0.15) is 0 Å². The Labute approximate surface area is 115 Å². The van der Waals surface area contributed by atoms with Crippen LogP contribution in [0.25, 0.3) is 0 Å². The molecule has 0 saturated heterocycles. The monoisotopic (exact) mass is 258 g/mol. The lowest BCUT2D eigenvalue weighted by Crippen LogP contribution is -2.21. The Kier molecular flexibility index (Phi) is 4.98. The fourth-order valence-electron chi connectivity index (χ4n) is 2.08. The average Bonchev–Trinajstić information content (AvgIpc) is 2.81. The Balaban J connectivity index is 1.63. The molecular weight excluding hydrogens is 236 g/mol. The predicted octanol–water partition coefficient (Wildman–Crippen LogP) is 2.35. The van der Waals surface area contributed by atoms with Gasteiger partial charge < -0.3 is 10.2 Å². The molecule has 1 heterocycles. The maximum Gasteiger partial charge on any atom is 0.0534 e. The summed E-state index contributed by atoms with van der Waals surface area (Å²) in [6.45, 7) is 3.04. The molecule has 0 radical (unpaired) electrons. The third-order valence-corrected chi connectivity index (χ3v) is 3.03. The lowest BCUT2D eigenvalue weighted by molar-refractivity contribution is 0.325. The Bertz CT molecular complexity index is 478. The van der Waals surface area contributed by atoms with E-state index in [1.165, 1.54) is 11.3 Å². The lowest BCUT2D eigenvalue weighted by atomic mass is 10.3. The van der Waals surface area contributed by atoms with Crippen molar-refractivity contribution in [3.8, 4) is 0 Å². The smallest absolute Gasteiger partial charge is 0.0534 e. The van der Waals surface area contributed by atoms with E-state index in [2.05, 4.69) is 52.8 Å². The molecule has 4 nitrogen and oxygen atoms in total. The Morgan fingerprint density at radius 1 is 1.26 bits per heavy atom. The fraction of sp³-hybridized carbons (Fsp3) is 0.400. The van der Waals surface area contributed by atoms with Gasteiger partial charge in [-0.1, -0.05) is 18.2 Å². The van der Waals surface area contributed by atoms with E-state index in [0.29, 0.717) is 0 Å². The number of aryl methyl sites for hydroxylation is 1. The van der Waals surface area contributed by atoms with Gasteiger partial charge in [-0.3, -0.25) is 4.68 Å². The topological polar surface area (TPSA) is 33.1 Å². The molecule has 19 heavy (non-hydrogen) atoms. The maximum absolute atomic E-state index is 4.18. The standard InChI is InChI=1S/C15H22N4/c1-18(12-14-11-17-19(2)13-14)10-6-9-16-15-7-4-3-5-8-15/h3-5,7-8,11,13,16H,6,9-10,12H2,1-2H3. The molecule has 1 aromatic carbocycles. The first kappa shape index (κ1) is 13.6. The predicted molar refractivity (Wildman–Crippen MR) is 79.1 cm³/mol. The number of nitrogens with one attached hydrogen (secondary N) is 1. The van der Waals surface area contributed by atoms with Gasteiger partial charge in [-0.15, -0.1) is 0 Å². The number of para-hydroxylation sites is 1. The number of hydrogen-bond acceptors (Lipinski definition) is 3. The molecule has 0 fully saturated rings. The van der Waals surface area contributed by atoms with Crippen molar-refractivity contribution in [3.63, 3.8) is 0 Å². The van der Waals surface area contributed by atoms with Crippen LogP contribution in [0.15, 0.2) is 42.7 Å². The van der Waals surface area contributed by atoms with Gasteiger partial charge in [0.25, 0.3) is 0 Å². The van der Waals surface area contributed by atoms with Crippen LogP contribution in [0.5, 0.6) is 0 Å². The molecule has 0 bridgehead atoms. The van der Waals surface area contributed by atoms with Crippen molar-refractivity contribution in [1.82, 2.24) is 14.7 Å². The molecule has 1 aromatic heterocycles. The zero-order chi connectivity index (χ0) is 13.5. The van der Waals surface area contributed by atoms with Gasteiger partial charge in [-0.05, 0) is 32.1 Å². The van der Waals surface area contributed by atoms with Crippen molar-refractivity contribution < 1.29 is 0 Å². The molecule has 4 heteroatoms. The zero-order valence-corrected chi connectivity index (χ0v) is 11.7. The molecule has 0 spiro atoms. The molecule has 0 saturated carbocycles. The van der Waals surface area contributed by atoms with Gasteiger partial charge >= 0.3 is 0 Å². The molecule has 0 amide bonds. The highest BCUT2D eigenvalue weighted by Crippen LogP contribution is 2.05. The van der Waals surface area contributed by atoms with Crippen molar-refractivity contribution in [2.75, 3.05) is 25.5 Å². The molecule has 1 N–H and O–H groups in total. The minimum atomic E-state index is 0.958. The van der Waals surface area contributed by atoms with Crippen LogP contribution < -0.4 is 5.32 Å². The van der Waals surface area contributed by atoms with Gasteiger partial charge in [0.15, 0.2) is 0 Å². The number of rotatable bonds is 7. The van der Waals surface area contributed by atoms with E-state index in [9.17, 15) is 0 Å². The summed E-state index contributed by atoms with van der Waals surface area (Å²) in [5.74, 6) is 0. The number of benzene rings is 1. The van der Waals surface area contributed by atoms with E-state index in [1.54, 1.807) is 0 Å². The lowest BCUT2D eigenvalue weighted by Gasteiger charge is -2.15. The highest BCUT2D eigenvalue weighted by atomic mass is 15.2. The van der Waals surface area contributed by atoms with Crippen molar-refractivity contribution in [2.24, 2.45) is 7.05 Å². The Morgan fingerprint density at radius 3 is 2.74 bits per heavy atom. The van der Waals surface area contributed by atoms with Crippen LogP contribution >= 0.6 is 0 Å². The SMILES string of the molecule is CN(CCCNc1ccccc1)Cc1cnn(C)c1. The van der Waals surface area contributed by atoms with E-state index < -0.39 is 0 Å². The third-order valence-electron chi connectivity index (χ3n) is 3.03. The van der Waals surface area contributed by atoms with Crippen molar-refractivity contribution in [3.05, 3.63) is 48.3 Å². The van der Waals surface area contributed by atoms with E-state index in [1.807, 2.05) is 24.0 Å². The number of nitrogens with zero attached hydrogens (tertiary/aromatic N) is 3. The minimum absolute atomic E-state index is 0.958. The van der Waals surface area contributed by atoms with Crippen LogP contribution in [0.3, 0.4) is 0 Å². The molecule has 0 unspecified atom stereocenters. The van der Waals surface area contributed by atoms with Crippen LogP contribution in [-0.2, 0) is 13.6 Å². The number of aromatic nitrogens is 2. The van der Waals surface area contributed by atoms with Crippen LogP contribution in [-0.4, -0.2) is 34.8 Å². The maximum atomic E-state index is 4.18. The second-order valence-electron chi connectivity index (χ2n) is 4.91. The molecule has 2 rings (SSSR count). The first-order valence-electron chi connectivity index (χ1n) is 6.69. The molecule has 0 aliphatic carbocycles. The van der Waals surface area contributed by atoms with Gasteiger partial charge in [0.2, 0.25) is 0 Å². The van der Waals surface area contributed by atoms with Crippen molar-refractivity contribution in [1.29, 1.82) is 0 Å². The van der Waals surface area contributed by atoms with Crippen molar-refractivity contribution >= 4 is 5.69 Å². The largest absolute Gasteiger partial charge is 0.385 e. The minimum Gasteiger partial charge on any atom is -0.385 e. The quantitative estimate of drug-likeness (QED) is 0.774. The van der Waals surface area contributed by atoms with E-state index in [0.717, 1.165) is 26.1 Å². The Morgan fingerprint density at radius 2 is 2.05 bits per heavy atom. The summed E-state index contributed by atoms with van der Waals surface area (Å²) >= 11 is 0. The Hall–Kier alpha value is -1.81. The van der Waals surface area contributed by atoms with Crippen LogP contribution in [0.2, 0.25) is 0 Å². The zero-order valence-electron chi connectivity index (χ0n) is 11.7. The summed E-state index contributed by atoms with van der Waals surface area (Å²) in [6, 6.07) is 10.3. The van der Waals surface area contributed by atoms with Gasteiger partial charge in [-0.25, -0.2) is 0 Å². The van der Waals surface area contributed by atoms with Crippen LogP contribution in [0.1, 0.15) is 12.0 Å². The average molecular weight is 258 g/mol. The molecule has 0 aliphatic rings. The summed E-state index contributed by atoms with van der Waals surface area (Å²) in [6.07, 6.45) is 5.13. The van der Waals surface area contributed by atoms with Crippen molar-refractivity contribution in [2.45, 2.75) is 13.0 Å². The molecule has 0 aliphatic heterocycles. The van der Waals surface area contributed by atoms with Gasteiger partial charge in [0, 0.05) is 37.6 Å². The van der Waals surface area contributed by atoms with Gasteiger partial charge in [-0.2, -0.15) is 5.10 Å². The highest BCUT2D eigenvalue weighted by Gasteiger charge is 2.01. The first-order chi connectivity index (χ1) is 9.24. The molecule has 0 atom stereocenters. The molecule has 102 valence electrons. The molecule has 2 aromatic rings. The summed E-state index contributed by atoms with van der Waals surface area (Å²) in [4.78, 5) is 2.32. The second kappa shape index (κ2) is 6.95. The highest BCUT2D eigenvalue weighted by molar-refractivity contribution is 5.42. The van der Waals surface area contributed by atoms with E-state index in [4.69, 9.17) is 0 Å². The summed E-state index contributed by atoms with van der Waals surface area (Å²) in [5.41, 5.74) is 2.46. The third kappa shape index (κ3) is 4.75. The summed E-state index contributed by atoms with van der Waals surface area (Å²) in [7, 11) is 4.10. The first-order valence-corrected chi connectivity index (χ1v) is 6.69. The van der Waals surface area contributed by atoms with E-state index in [-0.39, 0.29) is 0 Å². The number of anilines is 1. The molecular formula is C15H22N4. The second-order valence-corrected chi connectivity index (χ2v) is 4.91. The van der Waals surface area contributed by atoms with E-state index >= 15 is 0 Å². The number of hydrogen-bond donors (Lipinski definition) is 1. The normalized spacial score (nSPS) is 10.9. The fourth-order valence-corrected chi connectivity index (χ4v) is 2.08.